The van der Waals surface area contributed by atoms with E-state index < -0.39 is 7.80 Å². The molecule has 0 aliphatic rings. The number of hydrogen-bond acceptors (Lipinski definition) is 2. The second-order valence-electron chi connectivity index (χ2n) is 6.59. The van der Waals surface area contributed by atoms with Crippen LogP contribution >= 0.6 is 7.80 Å². The molecular weight excluding hydrogens is 339 g/mol. The fraction of sp³-hybridized carbons (Fsp3) is 0.174. The van der Waals surface area contributed by atoms with Gasteiger partial charge in [-0.3, -0.25) is 4.79 Å². The minimum Gasteiger partial charge on any atom is -0.288 e. The second kappa shape index (κ2) is 7.35. The van der Waals surface area contributed by atoms with Crippen LogP contribution in [0.2, 0.25) is 0 Å². The van der Waals surface area contributed by atoms with Gasteiger partial charge >= 0.3 is 7.80 Å². The number of ketones is 1. The number of aryl methyl sites for hydroxylation is 1. The van der Waals surface area contributed by atoms with Crippen molar-refractivity contribution in [2.45, 2.75) is 27.7 Å². The first-order valence-electron chi connectivity index (χ1n) is 8.65. The van der Waals surface area contributed by atoms with Crippen molar-refractivity contribution in [3.8, 4) is 0 Å². The van der Waals surface area contributed by atoms with Crippen molar-refractivity contribution < 1.29 is 9.36 Å². The first-order valence-corrected chi connectivity index (χ1v) is 9.91. The lowest BCUT2D eigenvalue weighted by Gasteiger charge is -2.13. The highest BCUT2D eigenvalue weighted by Crippen LogP contribution is 2.26. The summed E-state index contributed by atoms with van der Waals surface area (Å²) >= 11 is 0. The fourth-order valence-electron chi connectivity index (χ4n) is 3.14. The van der Waals surface area contributed by atoms with Crippen molar-refractivity contribution in [2.75, 3.05) is 0 Å². The molecule has 0 aliphatic heterocycles. The van der Waals surface area contributed by atoms with Crippen molar-refractivity contribution in [3.05, 3.63) is 94.0 Å². The third kappa shape index (κ3) is 3.25. The Morgan fingerprint density at radius 1 is 0.731 bits per heavy atom. The zero-order valence-electron chi connectivity index (χ0n) is 15.5. The fourth-order valence-corrected chi connectivity index (χ4v) is 4.48. The molecule has 0 saturated heterocycles. The molecule has 0 radical (unpaired) electrons. The van der Waals surface area contributed by atoms with Gasteiger partial charge in [0.15, 0.2) is 11.1 Å². The molecule has 0 aliphatic carbocycles. The van der Waals surface area contributed by atoms with Crippen LogP contribution in [0.4, 0.5) is 0 Å². The zero-order chi connectivity index (χ0) is 18.8. The van der Waals surface area contributed by atoms with E-state index in [4.69, 9.17) is 0 Å². The largest absolute Gasteiger partial charge is 0.416 e. The lowest BCUT2D eigenvalue weighted by Crippen LogP contribution is -2.18. The highest BCUT2D eigenvalue weighted by atomic mass is 31.1. The van der Waals surface area contributed by atoms with E-state index in [1.165, 1.54) is 5.56 Å². The minimum absolute atomic E-state index is 0.0661. The maximum Gasteiger partial charge on any atom is 0.416 e. The number of benzene rings is 3. The molecule has 130 valence electrons. The highest BCUT2D eigenvalue weighted by molar-refractivity contribution is 7.61. The van der Waals surface area contributed by atoms with Gasteiger partial charge in [-0.25, -0.2) is 0 Å². The summed E-state index contributed by atoms with van der Waals surface area (Å²) in [5.74, 6) is -0.0661. The maximum atomic E-state index is 13.3. The summed E-state index contributed by atoms with van der Waals surface area (Å²) in [6.07, 6.45) is 0. The van der Waals surface area contributed by atoms with Gasteiger partial charge in [-0.15, -0.1) is 0 Å². The first kappa shape index (κ1) is 18.2. The summed E-state index contributed by atoms with van der Waals surface area (Å²) < 4.78 is 13.1. The van der Waals surface area contributed by atoms with Crippen LogP contribution in [0.15, 0.2) is 60.7 Å². The van der Waals surface area contributed by atoms with E-state index in [1.807, 2.05) is 69.3 Å². The van der Waals surface area contributed by atoms with E-state index in [1.54, 1.807) is 12.1 Å². The molecule has 1 atom stereocenters. The van der Waals surface area contributed by atoms with E-state index >= 15 is 0 Å². The summed E-state index contributed by atoms with van der Waals surface area (Å²) in [4.78, 5) is 13.3. The zero-order valence-corrected chi connectivity index (χ0v) is 16.4. The van der Waals surface area contributed by atoms with E-state index in [2.05, 4.69) is 6.92 Å². The Morgan fingerprint density at radius 2 is 1.35 bits per heavy atom. The molecule has 3 rings (SSSR count). The number of hydrogen-bond donors (Lipinski definition) is 0. The van der Waals surface area contributed by atoms with Crippen molar-refractivity contribution in [2.24, 2.45) is 0 Å². The number of carbonyl (C=O) groups excluding carboxylic acids is 1. The second-order valence-corrected chi connectivity index (χ2v) is 8.18. The van der Waals surface area contributed by atoms with E-state index in [9.17, 15) is 9.36 Å². The average molecular weight is 361 g/mol. The number of rotatable bonds is 4. The molecule has 26 heavy (non-hydrogen) atoms. The Labute approximate surface area is 155 Å². The van der Waals surface area contributed by atoms with Gasteiger partial charge in [-0.05, 0) is 80.3 Å². The van der Waals surface area contributed by atoms with Crippen LogP contribution in [0.1, 0.15) is 38.2 Å². The predicted octanol–water partition coefficient (Wildman–Crippen LogP) is 4.93. The molecule has 0 spiro atoms. The summed E-state index contributed by atoms with van der Waals surface area (Å²) in [5, 5.41) is 1.32. The van der Waals surface area contributed by atoms with Gasteiger partial charge in [0.2, 0.25) is 5.30 Å². The van der Waals surface area contributed by atoms with Crippen molar-refractivity contribution >= 4 is 24.2 Å². The highest BCUT2D eigenvalue weighted by Gasteiger charge is 2.30. The van der Waals surface area contributed by atoms with Gasteiger partial charge in [0, 0.05) is 5.56 Å². The molecule has 0 amide bonds. The van der Waals surface area contributed by atoms with Gasteiger partial charge in [0.25, 0.3) is 0 Å². The minimum atomic E-state index is -1.82. The lowest BCUT2D eigenvalue weighted by atomic mass is 9.90. The molecule has 0 N–H and O–H groups in total. The van der Waals surface area contributed by atoms with Crippen LogP contribution in [-0.4, -0.2) is 5.78 Å². The third-order valence-electron chi connectivity index (χ3n) is 5.08. The smallest absolute Gasteiger partial charge is 0.288 e. The molecule has 0 fully saturated rings. The van der Waals surface area contributed by atoms with Crippen LogP contribution in [0.25, 0.3) is 0 Å². The van der Waals surface area contributed by atoms with Gasteiger partial charge in [0.05, 0.1) is 5.56 Å². The molecular formula is C23H22O2P+. The summed E-state index contributed by atoms with van der Waals surface area (Å²) in [6, 6.07) is 18.5. The Morgan fingerprint density at radius 3 is 2.04 bits per heavy atom. The molecule has 1 unspecified atom stereocenters. The average Bonchev–Trinajstić information content (AvgIpc) is 2.68. The quantitative estimate of drug-likeness (QED) is 0.488. The standard InChI is InChI=1S/C23H22O2P/c1-15-14-21(18(4)17(3)16(15)2)23(24)20-12-8-9-13-22(20)26(25)19-10-6-5-7-11-19/h5-14H,1-4H3/q+1. The molecule has 0 saturated carbocycles. The molecule has 3 aromatic carbocycles. The van der Waals surface area contributed by atoms with Gasteiger partial charge in [-0.2, -0.15) is 0 Å². The first-order chi connectivity index (χ1) is 12.4. The predicted molar refractivity (Wildman–Crippen MR) is 109 cm³/mol. The summed E-state index contributed by atoms with van der Waals surface area (Å²) in [5.41, 5.74) is 5.64. The topological polar surface area (TPSA) is 34.1 Å². The Hall–Kier alpha value is -2.57. The number of carbonyl (C=O) groups is 1. The summed E-state index contributed by atoms with van der Waals surface area (Å²) in [6.45, 7) is 8.13. The monoisotopic (exact) mass is 361 g/mol. The van der Waals surface area contributed by atoms with Crippen molar-refractivity contribution in [1.29, 1.82) is 0 Å². The van der Waals surface area contributed by atoms with Crippen LogP contribution < -0.4 is 10.6 Å². The van der Waals surface area contributed by atoms with Gasteiger partial charge in [-0.1, -0.05) is 34.9 Å². The van der Waals surface area contributed by atoms with E-state index in [0.29, 0.717) is 16.4 Å². The Balaban J connectivity index is 2.12. The maximum absolute atomic E-state index is 13.3. The van der Waals surface area contributed by atoms with Crippen LogP contribution in [-0.2, 0) is 4.57 Å². The lowest BCUT2D eigenvalue weighted by molar-refractivity contribution is 0.103. The molecule has 3 heteroatoms. The van der Waals surface area contributed by atoms with Crippen molar-refractivity contribution in [1.82, 2.24) is 0 Å². The Bertz CT molecular complexity index is 1000. The molecule has 0 aromatic heterocycles. The molecule has 2 nitrogen and oxygen atoms in total. The summed E-state index contributed by atoms with van der Waals surface area (Å²) in [7, 11) is -1.82. The van der Waals surface area contributed by atoms with Crippen molar-refractivity contribution in [3.63, 3.8) is 0 Å². The molecule has 0 heterocycles. The van der Waals surface area contributed by atoms with Gasteiger partial charge in [0.1, 0.15) is 0 Å². The van der Waals surface area contributed by atoms with E-state index in [0.717, 1.165) is 22.0 Å². The molecule has 0 bridgehead atoms. The van der Waals surface area contributed by atoms with Crippen LogP contribution in [0.5, 0.6) is 0 Å². The van der Waals surface area contributed by atoms with Gasteiger partial charge < -0.3 is 0 Å². The third-order valence-corrected chi connectivity index (χ3v) is 6.68. The Kier molecular flexibility index (Phi) is 5.15. The van der Waals surface area contributed by atoms with E-state index in [-0.39, 0.29) is 5.78 Å². The van der Waals surface area contributed by atoms with Crippen LogP contribution in [0, 0.1) is 27.7 Å². The normalized spacial score (nSPS) is 11.3. The SMILES string of the molecule is Cc1cc(C(=O)c2ccccc2[P+](=O)c2ccccc2)c(C)c(C)c1C. The van der Waals surface area contributed by atoms with Crippen LogP contribution in [0.3, 0.4) is 0 Å². The molecule has 3 aromatic rings.